The molecule has 2 aromatic heterocycles. The summed E-state index contributed by atoms with van der Waals surface area (Å²) in [6.07, 6.45) is 1.96. The van der Waals surface area contributed by atoms with E-state index in [-0.39, 0.29) is 6.42 Å². The van der Waals surface area contributed by atoms with Crippen LogP contribution in [-0.4, -0.2) is 46.5 Å². The fourth-order valence-corrected chi connectivity index (χ4v) is 4.44. The second kappa shape index (κ2) is 9.19. The molecule has 0 spiro atoms. The Balaban J connectivity index is 1.35. The number of halogens is 2. The number of hydrogen-bond donors (Lipinski definition) is 1. The van der Waals surface area contributed by atoms with Gasteiger partial charge in [0.25, 0.3) is 0 Å². The zero-order chi connectivity index (χ0) is 24.6. The van der Waals surface area contributed by atoms with Crippen LogP contribution < -0.4 is 9.80 Å². The Hall–Kier alpha value is -3.65. The van der Waals surface area contributed by atoms with Crippen molar-refractivity contribution < 1.29 is 13.9 Å². The first kappa shape index (κ1) is 23.1. The molecule has 0 aliphatic carbocycles. The van der Waals surface area contributed by atoms with Gasteiger partial charge >= 0.3 is 0 Å². The van der Waals surface area contributed by atoms with Crippen LogP contribution in [0.5, 0.6) is 0 Å². The number of anilines is 2. The maximum Gasteiger partial charge on any atom is 0.159 e. The standard InChI is InChI=1S/C27H27F2N5O/c1-27(2,35)19-8-10-25(30-17-19)33-11-13-34(14-12-33)26-22-6-4-3-5-21(22)24(31-32-26)15-18-7-9-20(28)16-23(18)29/h3-10,16-17,35H,11-15H2,1-2H3. The zero-order valence-corrected chi connectivity index (χ0v) is 19.7. The molecule has 1 saturated heterocycles. The second-order valence-electron chi connectivity index (χ2n) is 9.37. The number of piperazine rings is 1. The van der Waals surface area contributed by atoms with Crippen LogP contribution in [0.25, 0.3) is 10.8 Å². The molecule has 6 nitrogen and oxygen atoms in total. The van der Waals surface area contributed by atoms with Gasteiger partial charge in [-0.05, 0) is 31.5 Å². The number of hydrogen-bond acceptors (Lipinski definition) is 6. The number of rotatable bonds is 5. The van der Waals surface area contributed by atoms with E-state index >= 15 is 0 Å². The summed E-state index contributed by atoms with van der Waals surface area (Å²) >= 11 is 0. The highest BCUT2D eigenvalue weighted by Crippen LogP contribution is 2.29. The van der Waals surface area contributed by atoms with Crippen molar-refractivity contribution in [3.8, 4) is 0 Å². The van der Waals surface area contributed by atoms with E-state index in [4.69, 9.17) is 0 Å². The van der Waals surface area contributed by atoms with Crippen LogP contribution in [0.3, 0.4) is 0 Å². The fourth-order valence-electron chi connectivity index (χ4n) is 4.44. The predicted molar refractivity (Wildman–Crippen MR) is 133 cm³/mol. The first-order valence-electron chi connectivity index (χ1n) is 11.7. The van der Waals surface area contributed by atoms with E-state index in [9.17, 15) is 13.9 Å². The van der Waals surface area contributed by atoms with Gasteiger partial charge < -0.3 is 14.9 Å². The van der Waals surface area contributed by atoms with Gasteiger partial charge in [-0.3, -0.25) is 0 Å². The lowest BCUT2D eigenvalue weighted by molar-refractivity contribution is 0.0782. The summed E-state index contributed by atoms with van der Waals surface area (Å²) in [5.41, 5.74) is 0.903. The lowest BCUT2D eigenvalue weighted by Gasteiger charge is -2.36. The van der Waals surface area contributed by atoms with Crippen molar-refractivity contribution in [2.75, 3.05) is 36.0 Å². The summed E-state index contributed by atoms with van der Waals surface area (Å²) in [4.78, 5) is 8.97. The summed E-state index contributed by atoms with van der Waals surface area (Å²) in [6.45, 7) is 6.53. The third-order valence-electron chi connectivity index (χ3n) is 6.47. The van der Waals surface area contributed by atoms with Gasteiger partial charge in [0, 0.05) is 61.2 Å². The molecule has 0 radical (unpaired) electrons. The molecule has 3 heterocycles. The molecule has 4 aromatic rings. The highest BCUT2D eigenvalue weighted by molar-refractivity contribution is 5.93. The summed E-state index contributed by atoms with van der Waals surface area (Å²) in [7, 11) is 0. The van der Waals surface area contributed by atoms with E-state index in [1.165, 1.54) is 12.1 Å². The summed E-state index contributed by atoms with van der Waals surface area (Å²) in [5.74, 6) is 0.500. The van der Waals surface area contributed by atoms with Crippen molar-refractivity contribution in [3.05, 3.63) is 89.2 Å². The minimum atomic E-state index is -0.918. The Morgan fingerprint density at radius 2 is 1.60 bits per heavy atom. The Morgan fingerprint density at radius 3 is 2.26 bits per heavy atom. The molecule has 35 heavy (non-hydrogen) atoms. The fraction of sp³-hybridized carbons (Fsp3) is 0.296. The first-order valence-corrected chi connectivity index (χ1v) is 11.7. The van der Waals surface area contributed by atoms with Crippen molar-refractivity contribution in [2.45, 2.75) is 25.9 Å². The van der Waals surface area contributed by atoms with Gasteiger partial charge in [-0.2, -0.15) is 5.10 Å². The quantitative estimate of drug-likeness (QED) is 0.460. The van der Waals surface area contributed by atoms with E-state index in [1.54, 1.807) is 20.0 Å². The zero-order valence-electron chi connectivity index (χ0n) is 19.7. The van der Waals surface area contributed by atoms with E-state index in [0.29, 0.717) is 11.3 Å². The molecular weight excluding hydrogens is 448 g/mol. The average Bonchev–Trinajstić information content (AvgIpc) is 2.85. The van der Waals surface area contributed by atoms with Gasteiger partial charge in [0.2, 0.25) is 0 Å². The minimum absolute atomic E-state index is 0.236. The molecule has 5 rings (SSSR count). The molecule has 8 heteroatoms. The van der Waals surface area contributed by atoms with Crippen LogP contribution >= 0.6 is 0 Å². The molecule has 2 aromatic carbocycles. The highest BCUT2D eigenvalue weighted by Gasteiger charge is 2.23. The molecule has 0 bridgehead atoms. The first-order chi connectivity index (χ1) is 16.8. The van der Waals surface area contributed by atoms with E-state index < -0.39 is 17.2 Å². The van der Waals surface area contributed by atoms with Crippen LogP contribution in [0.2, 0.25) is 0 Å². The van der Waals surface area contributed by atoms with Crippen molar-refractivity contribution in [1.82, 2.24) is 15.2 Å². The van der Waals surface area contributed by atoms with Crippen molar-refractivity contribution >= 4 is 22.4 Å². The van der Waals surface area contributed by atoms with Crippen molar-refractivity contribution in [3.63, 3.8) is 0 Å². The number of benzene rings is 2. The number of aromatic nitrogens is 3. The van der Waals surface area contributed by atoms with Gasteiger partial charge in [0.05, 0.1) is 11.3 Å². The van der Waals surface area contributed by atoms with E-state index in [2.05, 4.69) is 25.0 Å². The van der Waals surface area contributed by atoms with Crippen LogP contribution in [0.4, 0.5) is 20.4 Å². The Bertz CT molecular complexity index is 1350. The lowest BCUT2D eigenvalue weighted by atomic mass is 10.0. The highest BCUT2D eigenvalue weighted by atomic mass is 19.1. The maximum atomic E-state index is 14.2. The Morgan fingerprint density at radius 1 is 0.886 bits per heavy atom. The van der Waals surface area contributed by atoms with E-state index in [0.717, 1.165) is 60.2 Å². The number of pyridine rings is 1. The molecule has 1 fully saturated rings. The summed E-state index contributed by atoms with van der Waals surface area (Å²) < 4.78 is 27.6. The normalized spacial score (nSPS) is 14.5. The molecule has 0 saturated carbocycles. The van der Waals surface area contributed by atoms with Gasteiger partial charge in [-0.15, -0.1) is 5.10 Å². The molecule has 1 aliphatic heterocycles. The molecular formula is C27H27F2N5O. The van der Waals surface area contributed by atoms with Crippen LogP contribution in [0, 0.1) is 11.6 Å². The monoisotopic (exact) mass is 475 g/mol. The van der Waals surface area contributed by atoms with Crippen LogP contribution in [-0.2, 0) is 12.0 Å². The van der Waals surface area contributed by atoms with Crippen LogP contribution in [0.15, 0.2) is 60.8 Å². The van der Waals surface area contributed by atoms with Gasteiger partial charge in [0.15, 0.2) is 5.82 Å². The molecule has 1 aliphatic rings. The summed E-state index contributed by atoms with van der Waals surface area (Å²) in [6, 6.07) is 15.3. The van der Waals surface area contributed by atoms with Crippen molar-refractivity contribution in [1.29, 1.82) is 0 Å². The molecule has 180 valence electrons. The largest absolute Gasteiger partial charge is 0.386 e. The average molecular weight is 476 g/mol. The lowest BCUT2D eigenvalue weighted by Crippen LogP contribution is -2.47. The minimum Gasteiger partial charge on any atom is -0.386 e. The third kappa shape index (κ3) is 4.79. The second-order valence-corrected chi connectivity index (χ2v) is 9.37. The Labute approximate surface area is 202 Å². The van der Waals surface area contributed by atoms with Gasteiger partial charge in [-0.1, -0.05) is 36.4 Å². The van der Waals surface area contributed by atoms with Crippen LogP contribution in [0.1, 0.15) is 30.7 Å². The number of fused-ring (bicyclic) bond motifs is 1. The SMILES string of the molecule is CC(C)(O)c1ccc(N2CCN(c3nnc(Cc4ccc(F)cc4F)c4ccccc34)CC2)nc1. The molecule has 0 amide bonds. The maximum absolute atomic E-state index is 14.2. The van der Waals surface area contributed by atoms with Gasteiger partial charge in [-0.25, -0.2) is 13.8 Å². The van der Waals surface area contributed by atoms with Gasteiger partial charge in [0.1, 0.15) is 17.5 Å². The number of aliphatic hydroxyl groups is 1. The Kier molecular flexibility index (Phi) is 6.06. The predicted octanol–water partition coefficient (Wildman–Crippen LogP) is 4.45. The number of nitrogens with zero attached hydrogens (tertiary/aromatic N) is 5. The smallest absolute Gasteiger partial charge is 0.159 e. The molecule has 0 unspecified atom stereocenters. The topological polar surface area (TPSA) is 65.4 Å². The third-order valence-corrected chi connectivity index (χ3v) is 6.47. The van der Waals surface area contributed by atoms with Crippen molar-refractivity contribution in [2.24, 2.45) is 0 Å². The van der Waals surface area contributed by atoms with E-state index in [1.807, 2.05) is 36.4 Å². The molecule has 1 N–H and O–H groups in total. The summed E-state index contributed by atoms with van der Waals surface area (Å²) in [5, 5.41) is 21.0. The molecule has 0 atom stereocenters.